The molecule has 0 fully saturated rings. The zero-order valence-corrected chi connectivity index (χ0v) is 7.14. The van der Waals surface area contributed by atoms with Gasteiger partial charge in [-0.25, -0.2) is 9.97 Å². The lowest BCUT2D eigenvalue weighted by atomic mass is 10.1. The molecule has 0 aliphatic heterocycles. The summed E-state index contributed by atoms with van der Waals surface area (Å²) in [6, 6.07) is 0. The Balaban J connectivity index is 2.82. The van der Waals surface area contributed by atoms with E-state index in [9.17, 15) is 9.90 Å². The highest BCUT2D eigenvalue weighted by Crippen LogP contribution is 2.17. The third-order valence-electron chi connectivity index (χ3n) is 1.68. The minimum absolute atomic E-state index is 0.325. The molecule has 0 aliphatic carbocycles. The lowest BCUT2D eigenvalue weighted by Crippen LogP contribution is -2.08. The van der Waals surface area contributed by atoms with Crippen LogP contribution in [0.5, 0.6) is 0 Å². The standard InChI is InChI=1S/C8H10N2O3/c1-5-6(3-9-4-10-5)7(11)2-8(12)13/h3-4,7,11H,2H2,1H3,(H,12,13)/t7-/m1/s1. The number of carboxylic acid groups (broad SMARTS) is 1. The van der Waals surface area contributed by atoms with Crippen LogP contribution in [-0.2, 0) is 4.79 Å². The maximum absolute atomic E-state index is 10.3. The van der Waals surface area contributed by atoms with Crippen LogP contribution in [0.1, 0.15) is 23.8 Å². The maximum atomic E-state index is 10.3. The summed E-state index contributed by atoms with van der Waals surface area (Å²) < 4.78 is 0. The molecule has 1 atom stereocenters. The van der Waals surface area contributed by atoms with Crippen LogP contribution in [0.4, 0.5) is 0 Å². The van der Waals surface area contributed by atoms with Crippen molar-refractivity contribution in [2.45, 2.75) is 19.4 Å². The molecule has 0 aliphatic rings. The van der Waals surface area contributed by atoms with E-state index in [0.29, 0.717) is 11.3 Å². The Morgan fingerprint density at radius 3 is 2.92 bits per heavy atom. The first kappa shape index (κ1) is 9.60. The van der Waals surface area contributed by atoms with Crippen LogP contribution in [0.25, 0.3) is 0 Å². The molecule has 1 rings (SSSR count). The highest BCUT2D eigenvalue weighted by atomic mass is 16.4. The van der Waals surface area contributed by atoms with E-state index >= 15 is 0 Å². The average Bonchev–Trinajstić information content (AvgIpc) is 2.03. The second-order valence-corrected chi connectivity index (χ2v) is 2.68. The van der Waals surface area contributed by atoms with Gasteiger partial charge in [0.25, 0.3) is 0 Å². The second kappa shape index (κ2) is 3.95. The Hall–Kier alpha value is -1.49. The molecule has 1 aromatic heterocycles. The van der Waals surface area contributed by atoms with Crippen LogP contribution in [0.15, 0.2) is 12.5 Å². The summed E-state index contributed by atoms with van der Waals surface area (Å²) in [4.78, 5) is 17.8. The normalized spacial score (nSPS) is 12.5. The largest absolute Gasteiger partial charge is 0.481 e. The first-order valence-corrected chi connectivity index (χ1v) is 3.77. The summed E-state index contributed by atoms with van der Waals surface area (Å²) in [5, 5.41) is 17.8. The number of carbonyl (C=O) groups is 1. The Labute approximate surface area is 75.1 Å². The topological polar surface area (TPSA) is 83.3 Å². The molecular weight excluding hydrogens is 172 g/mol. The number of aliphatic hydroxyl groups excluding tert-OH is 1. The van der Waals surface area contributed by atoms with Crippen molar-refractivity contribution in [2.24, 2.45) is 0 Å². The molecule has 1 heterocycles. The fourth-order valence-electron chi connectivity index (χ4n) is 1.00. The summed E-state index contributed by atoms with van der Waals surface area (Å²) in [6.07, 6.45) is 1.43. The van der Waals surface area contributed by atoms with Gasteiger partial charge in [0.1, 0.15) is 6.33 Å². The molecule has 0 aromatic carbocycles. The predicted molar refractivity (Wildman–Crippen MR) is 44.0 cm³/mol. The van der Waals surface area contributed by atoms with Crippen molar-refractivity contribution in [1.82, 2.24) is 9.97 Å². The fourth-order valence-corrected chi connectivity index (χ4v) is 1.00. The Morgan fingerprint density at radius 2 is 2.38 bits per heavy atom. The van der Waals surface area contributed by atoms with Crippen molar-refractivity contribution < 1.29 is 15.0 Å². The zero-order valence-electron chi connectivity index (χ0n) is 7.14. The Morgan fingerprint density at radius 1 is 1.69 bits per heavy atom. The van der Waals surface area contributed by atoms with Crippen molar-refractivity contribution in [3.8, 4) is 0 Å². The number of aromatic nitrogens is 2. The van der Waals surface area contributed by atoms with Crippen molar-refractivity contribution in [3.05, 3.63) is 23.8 Å². The third-order valence-corrected chi connectivity index (χ3v) is 1.68. The van der Waals surface area contributed by atoms with E-state index in [2.05, 4.69) is 9.97 Å². The summed E-state index contributed by atoms with van der Waals surface area (Å²) >= 11 is 0. The molecule has 0 radical (unpaired) electrons. The molecule has 13 heavy (non-hydrogen) atoms. The SMILES string of the molecule is Cc1ncncc1[C@H](O)CC(=O)O. The van der Waals surface area contributed by atoms with Gasteiger partial charge in [-0.2, -0.15) is 0 Å². The first-order chi connectivity index (χ1) is 6.11. The monoisotopic (exact) mass is 182 g/mol. The molecule has 0 spiro atoms. The molecule has 5 nitrogen and oxygen atoms in total. The lowest BCUT2D eigenvalue weighted by molar-refractivity contribution is -0.139. The minimum atomic E-state index is -1.05. The van der Waals surface area contributed by atoms with Gasteiger partial charge in [0.2, 0.25) is 0 Å². The van der Waals surface area contributed by atoms with Crippen molar-refractivity contribution in [3.63, 3.8) is 0 Å². The molecular formula is C8H10N2O3. The second-order valence-electron chi connectivity index (χ2n) is 2.68. The summed E-state index contributed by atoms with van der Waals surface area (Å²) in [5.74, 6) is -1.05. The predicted octanol–water partition coefficient (Wildman–Crippen LogP) is 0.293. The van der Waals surface area contributed by atoms with Crippen LogP contribution in [-0.4, -0.2) is 26.2 Å². The number of carboxylic acids is 1. The van der Waals surface area contributed by atoms with Gasteiger partial charge in [-0.1, -0.05) is 0 Å². The summed E-state index contributed by atoms with van der Waals surface area (Å²) in [7, 11) is 0. The molecule has 70 valence electrons. The maximum Gasteiger partial charge on any atom is 0.306 e. The molecule has 0 saturated carbocycles. The quantitative estimate of drug-likeness (QED) is 0.702. The Bertz CT molecular complexity index is 314. The number of rotatable bonds is 3. The van der Waals surface area contributed by atoms with Gasteiger partial charge in [-0.05, 0) is 6.92 Å². The fraction of sp³-hybridized carbons (Fsp3) is 0.375. The number of aliphatic hydroxyl groups is 1. The van der Waals surface area contributed by atoms with Crippen molar-refractivity contribution in [1.29, 1.82) is 0 Å². The highest BCUT2D eigenvalue weighted by molar-refractivity contribution is 5.67. The van der Waals surface area contributed by atoms with Gasteiger partial charge in [0, 0.05) is 17.5 Å². The van der Waals surface area contributed by atoms with Gasteiger partial charge in [-0.3, -0.25) is 4.79 Å². The molecule has 5 heteroatoms. The van der Waals surface area contributed by atoms with Gasteiger partial charge >= 0.3 is 5.97 Å². The van der Waals surface area contributed by atoms with Crippen molar-refractivity contribution >= 4 is 5.97 Å². The molecule has 0 saturated heterocycles. The van der Waals surface area contributed by atoms with Gasteiger partial charge in [-0.15, -0.1) is 0 Å². The van der Waals surface area contributed by atoms with E-state index in [0.717, 1.165) is 0 Å². The van der Waals surface area contributed by atoms with Gasteiger partial charge in [0.05, 0.1) is 12.5 Å². The third kappa shape index (κ3) is 2.48. The highest BCUT2D eigenvalue weighted by Gasteiger charge is 2.14. The lowest BCUT2D eigenvalue weighted by Gasteiger charge is -2.08. The van der Waals surface area contributed by atoms with E-state index in [1.54, 1.807) is 6.92 Å². The molecule has 0 unspecified atom stereocenters. The van der Waals surface area contributed by atoms with Crippen LogP contribution in [0, 0.1) is 6.92 Å². The number of aryl methyl sites for hydroxylation is 1. The number of aliphatic carboxylic acids is 1. The molecule has 2 N–H and O–H groups in total. The van der Waals surface area contributed by atoms with Crippen LogP contribution in [0.3, 0.4) is 0 Å². The minimum Gasteiger partial charge on any atom is -0.481 e. The number of nitrogens with zero attached hydrogens (tertiary/aromatic N) is 2. The summed E-state index contributed by atoms with van der Waals surface area (Å²) in [6.45, 7) is 1.70. The van der Waals surface area contributed by atoms with E-state index in [4.69, 9.17) is 5.11 Å². The van der Waals surface area contributed by atoms with Gasteiger partial charge in [0.15, 0.2) is 0 Å². The Kier molecular flexibility index (Phi) is 2.92. The van der Waals surface area contributed by atoms with Crippen molar-refractivity contribution in [2.75, 3.05) is 0 Å². The smallest absolute Gasteiger partial charge is 0.306 e. The zero-order chi connectivity index (χ0) is 9.84. The number of hydrogen-bond donors (Lipinski definition) is 2. The van der Waals surface area contributed by atoms with Crippen LogP contribution >= 0.6 is 0 Å². The van der Waals surface area contributed by atoms with E-state index in [-0.39, 0.29) is 6.42 Å². The summed E-state index contributed by atoms with van der Waals surface area (Å²) in [5.41, 5.74) is 1.06. The molecule has 0 amide bonds. The van der Waals surface area contributed by atoms with Crippen LogP contribution < -0.4 is 0 Å². The molecule has 1 aromatic rings. The average molecular weight is 182 g/mol. The van der Waals surface area contributed by atoms with Gasteiger partial charge < -0.3 is 10.2 Å². The first-order valence-electron chi connectivity index (χ1n) is 3.77. The van der Waals surface area contributed by atoms with E-state index in [1.807, 2.05) is 0 Å². The van der Waals surface area contributed by atoms with Crippen LogP contribution in [0.2, 0.25) is 0 Å². The van der Waals surface area contributed by atoms with E-state index < -0.39 is 12.1 Å². The van der Waals surface area contributed by atoms with E-state index in [1.165, 1.54) is 12.5 Å². The number of hydrogen-bond acceptors (Lipinski definition) is 4. The molecule has 0 bridgehead atoms.